The van der Waals surface area contributed by atoms with E-state index < -0.39 is 0 Å². The highest BCUT2D eigenvalue weighted by atomic mass is 16.3. The van der Waals surface area contributed by atoms with Crippen molar-refractivity contribution in [1.82, 2.24) is 4.57 Å². The molecule has 0 aliphatic rings. The van der Waals surface area contributed by atoms with E-state index >= 15 is 0 Å². The molecule has 1 atom stereocenters. The van der Waals surface area contributed by atoms with Crippen LogP contribution in [0.3, 0.4) is 0 Å². The molecule has 0 aliphatic heterocycles. The second-order valence-corrected chi connectivity index (χ2v) is 2.51. The van der Waals surface area contributed by atoms with E-state index in [1.54, 1.807) is 0 Å². The maximum absolute atomic E-state index is 8.79. The summed E-state index contributed by atoms with van der Waals surface area (Å²) in [4.78, 5) is 0. The summed E-state index contributed by atoms with van der Waals surface area (Å²) < 4.78 is 2.03. The van der Waals surface area contributed by atoms with Crippen LogP contribution in [0.25, 0.3) is 0 Å². The van der Waals surface area contributed by atoms with Gasteiger partial charge in [0, 0.05) is 18.4 Å². The van der Waals surface area contributed by atoms with Gasteiger partial charge in [-0.3, -0.25) is 0 Å². The largest absolute Gasteiger partial charge is 0.394 e. The predicted octanol–water partition coefficient (Wildman–Crippen LogP) is 0.500. The molecule has 1 aromatic rings. The average molecular weight is 154 g/mol. The molecule has 0 amide bonds. The molecule has 3 heteroatoms. The lowest BCUT2D eigenvalue weighted by atomic mass is 10.2. The molecule has 3 N–H and O–H groups in total. The minimum absolute atomic E-state index is 0.00398. The normalized spacial score (nSPS) is 13.4. The SMILES string of the molecule is CCn1cccc1[C@H](N)CO. The Labute approximate surface area is 66.4 Å². The summed E-state index contributed by atoms with van der Waals surface area (Å²) in [5.41, 5.74) is 6.64. The Kier molecular flexibility index (Phi) is 2.68. The van der Waals surface area contributed by atoms with Gasteiger partial charge in [0.05, 0.1) is 12.6 Å². The van der Waals surface area contributed by atoms with Gasteiger partial charge in [-0.15, -0.1) is 0 Å². The Bertz CT molecular complexity index is 220. The molecule has 0 spiro atoms. The van der Waals surface area contributed by atoms with Gasteiger partial charge in [-0.05, 0) is 19.1 Å². The van der Waals surface area contributed by atoms with Crippen molar-refractivity contribution in [3.05, 3.63) is 24.0 Å². The van der Waals surface area contributed by atoms with E-state index in [9.17, 15) is 0 Å². The third-order valence-corrected chi connectivity index (χ3v) is 1.78. The Morgan fingerprint density at radius 3 is 3.00 bits per heavy atom. The molecule has 0 saturated carbocycles. The predicted molar refractivity (Wildman–Crippen MR) is 44.1 cm³/mol. The van der Waals surface area contributed by atoms with Crippen LogP contribution in [0.4, 0.5) is 0 Å². The van der Waals surface area contributed by atoms with Crippen molar-refractivity contribution in [2.75, 3.05) is 6.61 Å². The first-order chi connectivity index (χ1) is 5.29. The van der Waals surface area contributed by atoms with Gasteiger partial charge in [0.15, 0.2) is 0 Å². The van der Waals surface area contributed by atoms with Crippen LogP contribution in [-0.2, 0) is 6.54 Å². The molecule has 1 aromatic heterocycles. The van der Waals surface area contributed by atoms with Crippen LogP contribution in [0.15, 0.2) is 18.3 Å². The van der Waals surface area contributed by atoms with E-state index in [-0.39, 0.29) is 12.6 Å². The highest BCUT2D eigenvalue weighted by Crippen LogP contribution is 2.09. The van der Waals surface area contributed by atoms with Crippen LogP contribution < -0.4 is 5.73 Å². The van der Waals surface area contributed by atoms with Gasteiger partial charge in [0.1, 0.15) is 0 Å². The Morgan fingerprint density at radius 1 is 1.73 bits per heavy atom. The zero-order chi connectivity index (χ0) is 8.27. The van der Waals surface area contributed by atoms with Crippen molar-refractivity contribution in [2.24, 2.45) is 5.73 Å². The second-order valence-electron chi connectivity index (χ2n) is 2.51. The molecule has 11 heavy (non-hydrogen) atoms. The number of aromatic nitrogens is 1. The topological polar surface area (TPSA) is 51.2 Å². The molecular weight excluding hydrogens is 140 g/mol. The van der Waals surface area contributed by atoms with Crippen LogP contribution >= 0.6 is 0 Å². The fraction of sp³-hybridized carbons (Fsp3) is 0.500. The van der Waals surface area contributed by atoms with Crippen molar-refractivity contribution in [3.63, 3.8) is 0 Å². The maximum atomic E-state index is 8.79. The number of aliphatic hydroxyl groups excluding tert-OH is 1. The lowest BCUT2D eigenvalue weighted by molar-refractivity contribution is 0.263. The summed E-state index contributed by atoms with van der Waals surface area (Å²) in [7, 11) is 0. The summed E-state index contributed by atoms with van der Waals surface area (Å²) in [6.07, 6.45) is 1.96. The van der Waals surface area contributed by atoms with Gasteiger partial charge < -0.3 is 15.4 Å². The van der Waals surface area contributed by atoms with Gasteiger partial charge in [-0.1, -0.05) is 0 Å². The van der Waals surface area contributed by atoms with Gasteiger partial charge >= 0.3 is 0 Å². The van der Waals surface area contributed by atoms with Crippen molar-refractivity contribution in [3.8, 4) is 0 Å². The van der Waals surface area contributed by atoms with E-state index in [4.69, 9.17) is 10.8 Å². The minimum atomic E-state index is -0.245. The van der Waals surface area contributed by atoms with Crippen LogP contribution in [0.1, 0.15) is 18.7 Å². The van der Waals surface area contributed by atoms with Crippen molar-refractivity contribution in [1.29, 1.82) is 0 Å². The molecule has 1 heterocycles. The van der Waals surface area contributed by atoms with Gasteiger partial charge in [0.2, 0.25) is 0 Å². The van der Waals surface area contributed by atoms with Crippen LogP contribution in [-0.4, -0.2) is 16.3 Å². The summed E-state index contributed by atoms with van der Waals surface area (Å²) in [5.74, 6) is 0. The van der Waals surface area contributed by atoms with Crippen LogP contribution in [0.5, 0.6) is 0 Å². The molecular formula is C8H14N2O. The number of hydrogen-bond acceptors (Lipinski definition) is 2. The maximum Gasteiger partial charge on any atom is 0.0684 e. The van der Waals surface area contributed by atoms with E-state index in [2.05, 4.69) is 0 Å². The summed E-state index contributed by atoms with van der Waals surface area (Å²) in [6, 6.07) is 3.63. The Hall–Kier alpha value is -0.800. The lowest BCUT2D eigenvalue weighted by Crippen LogP contribution is -2.18. The van der Waals surface area contributed by atoms with E-state index in [1.165, 1.54) is 0 Å². The molecule has 0 fully saturated rings. The van der Waals surface area contributed by atoms with Crippen molar-refractivity contribution >= 4 is 0 Å². The first-order valence-corrected chi connectivity index (χ1v) is 3.81. The molecule has 0 bridgehead atoms. The first-order valence-electron chi connectivity index (χ1n) is 3.81. The lowest BCUT2D eigenvalue weighted by Gasteiger charge is -2.10. The monoisotopic (exact) mass is 154 g/mol. The van der Waals surface area contributed by atoms with Crippen molar-refractivity contribution in [2.45, 2.75) is 19.5 Å². The van der Waals surface area contributed by atoms with Gasteiger partial charge in [-0.2, -0.15) is 0 Å². The van der Waals surface area contributed by atoms with Crippen LogP contribution in [0, 0.1) is 0 Å². The number of rotatable bonds is 3. The number of hydrogen-bond donors (Lipinski definition) is 2. The Balaban J connectivity index is 2.83. The zero-order valence-electron chi connectivity index (χ0n) is 6.70. The van der Waals surface area contributed by atoms with E-state index in [0.717, 1.165) is 12.2 Å². The highest BCUT2D eigenvalue weighted by molar-refractivity contribution is 5.11. The summed E-state index contributed by atoms with van der Waals surface area (Å²) in [6.45, 7) is 2.95. The third kappa shape index (κ3) is 1.61. The van der Waals surface area contributed by atoms with Crippen molar-refractivity contribution < 1.29 is 5.11 Å². The molecule has 0 unspecified atom stereocenters. The smallest absolute Gasteiger partial charge is 0.0684 e. The molecule has 0 aromatic carbocycles. The fourth-order valence-corrected chi connectivity index (χ4v) is 1.15. The number of nitrogens with zero attached hydrogens (tertiary/aromatic N) is 1. The molecule has 0 aliphatic carbocycles. The second kappa shape index (κ2) is 3.55. The molecule has 0 saturated heterocycles. The zero-order valence-corrected chi connectivity index (χ0v) is 6.70. The summed E-state index contributed by atoms with van der Waals surface area (Å²) in [5, 5.41) is 8.79. The summed E-state index contributed by atoms with van der Waals surface area (Å²) >= 11 is 0. The molecule has 0 radical (unpaired) electrons. The number of aliphatic hydroxyl groups is 1. The quantitative estimate of drug-likeness (QED) is 0.666. The molecule has 3 nitrogen and oxygen atoms in total. The molecule has 1 rings (SSSR count). The van der Waals surface area contributed by atoms with Gasteiger partial charge in [0.25, 0.3) is 0 Å². The standard InChI is InChI=1S/C8H14N2O/c1-2-10-5-3-4-8(10)7(9)6-11/h3-5,7,11H,2,6,9H2,1H3/t7-/m1/s1. The van der Waals surface area contributed by atoms with E-state index in [0.29, 0.717) is 0 Å². The average Bonchev–Trinajstić information content (AvgIpc) is 2.50. The highest BCUT2D eigenvalue weighted by Gasteiger charge is 2.06. The van der Waals surface area contributed by atoms with E-state index in [1.807, 2.05) is 29.8 Å². The van der Waals surface area contributed by atoms with Crippen LogP contribution in [0.2, 0.25) is 0 Å². The first kappa shape index (κ1) is 8.30. The number of aryl methyl sites for hydroxylation is 1. The third-order valence-electron chi connectivity index (χ3n) is 1.78. The number of nitrogens with two attached hydrogens (primary N) is 1. The van der Waals surface area contributed by atoms with Gasteiger partial charge in [-0.25, -0.2) is 0 Å². The fourth-order valence-electron chi connectivity index (χ4n) is 1.15. The minimum Gasteiger partial charge on any atom is -0.394 e. The Morgan fingerprint density at radius 2 is 2.45 bits per heavy atom. The molecule has 62 valence electrons.